The minimum Gasteiger partial charge on any atom is -0.387 e. The molecule has 16 nitrogen and oxygen atoms in total. The Morgan fingerprint density at radius 1 is 1.11 bits per heavy atom. The largest absolute Gasteiger partial charge is 0.481 e. The summed E-state index contributed by atoms with van der Waals surface area (Å²) in [5.74, 6) is -0.584. The monoisotopic (exact) mass is 553 g/mol. The van der Waals surface area contributed by atoms with Gasteiger partial charge in [0.15, 0.2) is 11.8 Å². The number of nitrogens with zero attached hydrogens (tertiary/aromatic N) is 3. The van der Waals surface area contributed by atoms with Crippen LogP contribution in [0.1, 0.15) is 11.9 Å². The summed E-state index contributed by atoms with van der Waals surface area (Å²) in [5, 5.41) is 24.7. The van der Waals surface area contributed by atoms with Gasteiger partial charge in [0.2, 0.25) is 0 Å². The van der Waals surface area contributed by atoms with Crippen molar-refractivity contribution in [3.05, 3.63) is 62.8 Å². The Kier molecular flexibility index (Phi) is 7.15. The summed E-state index contributed by atoms with van der Waals surface area (Å²) in [5.41, 5.74) is -1.56. The number of hydrogen-bond donors (Lipinski definition) is 5. The van der Waals surface area contributed by atoms with Crippen molar-refractivity contribution in [1.82, 2.24) is 14.3 Å². The lowest BCUT2D eigenvalue weighted by molar-refractivity contribution is -0.0547. The highest BCUT2D eigenvalue weighted by atomic mass is 31.3. The molecule has 0 spiro atoms. The Morgan fingerprint density at radius 2 is 1.83 bits per heavy atom. The van der Waals surface area contributed by atoms with E-state index in [2.05, 4.69) is 14.0 Å². The maximum atomic E-state index is 13.4. The van der Waals surface area contributed by atoms with Crippen LogP contribution in [0, 0.1) is 5.82 Å². The van der Waals surface area contributed by atoms with E-state index in [-0.39, 0.29) is 11.3 Å². The topological polar surface area (TPSA) is 233 Å². The van der Waals surface area contributed by atoms with E-state index in [1.165, 1.54) is 6.07 Å². The number of fused-ring (bicyclic) bond motifs is 1. The molecule has 1 aliphatic rings. The molecule has 196 valence electrons. The van der Waals surface area contributed by atoms with Crippen LogP contribution >= 0.6 is 15.6 Å². The van der Waals surface area contributed by atoms with Crippen LogP contribution in [0.4, 0.5) is 4.39 Å². The van der Waals surface area contributed by atoms with Gasteiger partial charge in [0, 0.05) is 23.7 Å². The molecular weight excluding hydrogens is 535 g/mol. The molecule has 0 amide bonds. The van der Waals surface area contributed by atoms with E-state index in [9.17, 15) is 38.2 Å². The van der Waals surface area contributed by atoms with Gasteiger partial charge in [-0.15, -0.1) is 0 Å². The average molecular weight is 553 g/mol. The standard InChI is InChI=1S/C17H18FN3O13P2/c18-8-1-2-9-10(19-33-11(9)5-8)6-21-13(22)3-4-20(17(21)25)16-15(24)14(23)12(32-16)7-31-36(29,30)34-35(26,27)28/h1-5,12,14-16,23-24H,6-7H2,(H,29,30)(H2,26,27,28)/t12-,14-,15-,16-/m1/s1. The van der Waals surface area contributed by atoms with Crippen molar-refractivity contribution in [2.45, 2.75) is 31.1 Å². The Hall–Kier alpha value is -2.56. The van der Waals surface area contributed by atoms with Crippen LogP contribution in [0.3, 0.4) is 0 Å². The smallest absolute Gasteiger partial charge is 0.387 e. The minimum atomic E-state index is -5.39. The van der Waals surface area contributed by atoms with Gasteiger partial charge in [0.05, 0.1) is 13.2 Å². The summed E-state index contributed by atoms with van der Waals surface area (Å²) in [6.45, 7) is -1.37. The molecule has 1 unspecified atom stereocenters. The van der Waals surface area contributed by atoms with Crippen molar-refractivity contribution in [1.29, 1.82) is 0 Å². The van der Waals surface area contributed by atoms with E-state index in [0.717, 1.165) is 29.0 Å². The Bertz CT molecular complexity index is 1500. The SMILES string of the molecule is O=c1ccn([C@@H]2O[C@H](COP(=O)(O)OP(=O)(O)O)[C@@H](O)[C@H]2O)c(=O)n1Cc1noc2cc(F)ccc12. The predicted octanol–water partition coefficient (Wildman–Crippen LogP) is -0.816. The number of phosphoric acid groups is 2. The normalized spacial score (nSPS) is 24.3. The minimum absolute atomic E-state index is 0.0821. The van der Waals surface area contributed by atoms with Crippen LogP contribution in [0.2, 0.25) is 0 Å². The van der Waals surface area contributed by atoms with Gasteiger partial charge in [-0.05, 0) is 12.1 Å². The number of aliphatic hydroxyl groups is 2. The molecule has 19 heteroatoms. The molecule has 5 atom stereocenters. The molecule has 4 rings (SSSR count). The van der Waals surface area contributed by atoms with Crippen molar-refractivity contribution in [3.63, 3.8) is 0 Å². The van der Waals surface area contributed by atoms with E-state index in [1.807, 2.05) is 0 Å². The summed E-state index contributed by atoms with van der Waals surface area (Å²) >= 11 is 0. The molecule has 0 bridgehead atoms. The molecule has 1 aromatic carbocycles. The van der Waals surface area contributed by atoms with E-state index < -0.39 is 70.4 Å². The molecule has 0 radical (unpaired) electrons. The first kappa shape index (κ1) is 26.5. The number of rotatable bonds is 8. The van der Waals surface area contributed by atoms with E-state index in [0.29, 0.717) is 9.95 Å². The Morgan fingerprint density at radius 3 is 2.53 bits per heavy atom. The second-order valence-electron chi connectivity index (χ2n) is 7.58. The van der Waals surface area contributed by atoms with E-state index in [1.54, 1.807) is 0 Å². The zero-order chi connectivity index (χ0) is 26.4. The second-order valence-corrected chi connectivity index (χ2v) is 10.4. The fourth-order valence-electron chi connectivity index (χ4n) is 3.52. The van der Waals surface area contributed by atoms with Crippen LogP contribution in [0.25, 0.3) is 11.0 Å². The number of phosphoric ester groups is 1. The van der Waals surface area contributed by atoms with Gasteiger partial charge in [-0.3, -0.25) is 18.5 Å². The summed E-state index contributed by atoms with van der Waals surface area (Å²) in [4.78, 5) is 52.1. The Labute approximate surface area is 198 Å². The lowest BCUT2D eigenvalue weighted by Crippen LogP contribution is -2.43. The number of aromatic nitrogens is 3. The van der Waals surface area contributed by atoms with Crippen molar-refractivity contribution in [3.8, 4) is 0 Å². The summed E-state index contributed by atoms with van der Waals surface area (Å²) in [6.07, 6.45) is -5.75. The first-order chi connectivity index (χ1) is 16.8. The molecule has 0 aliphatic carbocycles. The highest BCUT2D eigenvalue weighted by Crippen LogP contribution is 2.57. The quantitative estimate of drug-likeness (QED) is 0.215. The third-order valence-corrected chi connectivity index (χ3v) is 7.29. The zero-order valence-corrected chi connectivity index (χ0v) is 19.5. The van der Waals surface area contributed by atoms with Crippen molar-refractivity contribution < 1.29 is 56.5 Å². The molecular formula is C17H18FN3O13P2. The number of benzene rings is 1. The average Bonchev–Trinajstić information content (AvgIpc) is 3.28. The highest BCUT2D eigenvalue weighted by Gasteiger charge is 2.46. The van der Waals surface area contributed by atoms with Gasteiger partial charge >= 0.3 is 21.3 Å². The van der Waals surface area contributed by atoms with Crippen LogP contribution in [-0.2, 0) is 29.2 Å². The molecule has 1 fully saturated rings. The predicted molar refractivity (Wildman–Crippen MR) is 113 cm³/mol. The molecule has 2 aromatic heterocycles. The van der Waals surface area contributed by atoms with Gasteiger partial charge in [0.1, 0.15) is 29.8 Å². The lowest BCUT2D eigenvalue weighted by Gasteiger charge is -2.19. The van der Waals surface area contributed by atoms with Crippen LogP contribution < -0.4 is 11.2 Å². The van der Waals surface area contributed by atoms with Gasteiger partial charge in [0.25, 0.3) is 5.56 Å². The van der Waals surface area contributed by atoms with Crippen molar-refractivity contribution in [2.75, 3.05) is 6.61 Å². The zero-order valence-electron chi connectivity index (χ0n) is 17.7. The summed E-state index contributed by atoms with van der Waals surface area (Å²) in [6, 6.07) is 4.52. The van der Waals surface area contributed by atoms with E-state index in [4.69, 9.17) is 19.0 Å². The van der Waals surface area contributed by atoms with Crippen LogP contribution in [0.5, 0.6) is 0 Å². The highest BCUT2D eigenvalue weighted by molar-refractivity contribution is 7.60. The molecule has 1 aliphatic heterocycles. The maximum Gasteiger partial charge on any atom is 0.481 e. The molecule has 5 N–H and O–H groups in total. The van der Waals surface area contributed by atoms with Gasteiger partial charge in [-0.2, -0.15) is 4.31 Å². The second kappa shape index (κ2) is 9.72. The fourth-order valence-corrected chi connectivity index (χ4v) is 5.12. The van der Waals surface area contributed by atoms with Crippen LogP contribution in [0.15, 0.2) is 44.6 Å². The molecule has 3 heterocycles. The molecule has 0 saturated carbocycles. The molecule has 1 saturated heterocycles. The first-order valence-corrected chi connectivity index (χ1v) is 12.9. The molecule has 36 heavy (non-hydrogen) atoms. The molecule has 3 aromatic rings. The third-order valence-electron chi connectivity index (χ3n) is 5.14. The lowest BCUT2D eigenvalue weighted by atomic mass is 10.1. The van der Waals surface area contributed by atoms with Crippen molar-refractivity contribution in [2.24, 2.45) is 0 Å². The Balaban J connectivity index is 1.57. The van der Waals surface area contributed by atoms with Gasteiger partial charge < -0.3 is 34.2 Å². The maximum absolute atomic E-state index is 13.4. The number of aliphatic hydroxyl groups excluding tert-OH is 2. The number of hydrogen-bond acceptors (Lipinski definition) is 11. The van der Waals surface area contributed by atoms with Crippen molar-refractivity contribution >= 4 is 26.6 Å². The van der Waals surface area contributed by atoms with Crippen LogP contribution in [-0.4, -0.2) is 64.1 Å². The van der Waals surface area contributed by atoms with Gasteiger partial charge in [-0.1, -0.05) is 5.16 Å². The first-order valence-electron chi connectivity index (χ1n) is 9.87. The fraction of sp³-hybridized carbons (Fsp3) is 0.353. The number of ether oxygens (including phenoxy) is 1. The van der Waals surface area contributed by atoms with Gasteiger partial charge in [-0.25, -0.2) is 18.3 Å². The summed E-state index contributed by atoms with van der Waals surface area (Å²) in [7, 11) is -10.7. The third kappa shape index (κ3) is 5.55. The summed E-state index contributed by atoms with van der Waals surface area (Å²) < 4.78 is 55.6. The number of halogens is 1. The van der Waals surface area contributed by atoms with E-state index >= 15 is 0 Å².